The van der Waals surface area contributed by atoms with E-state index in [1.54, 1.807) is 24.3 Å². The fourth-order valence-corrected chi connectivity index (χ4v) is 4.39. The Morgan fingerprint density at radius 2 is 1.84 bits per heavy atom. The lowest BCUT2D eigenvalue weighted by Gasteiger charge is -2.30. The summed E-state index contributed by atoms with van der Waals surface area (Å²) in [6.07, 6.45) is 2.82. The van der Waals surface area contributed by atoms with Gasteiger partial charge < -0.3 is 9.47 Å². The molecular formula is C18H27NO5S. The molecule has 2 rings (SSSR count). The van der Waals surface area contributed by atoms with Crippen LogP contribution in [0.25, 0.3) is 0 Å². The minimum absolute atomic E-state index is 0.119. The Kier molecular flexibility index (Phi) is 7.25. The average Bonchev–Trinajstić information content (AvgIpc) is 2.61. The Morgan fingerprint density at radius 3 is 2.48 bits per heavy atom. The van der Waals surface area contributed by atoms with Gasteiger partial charge in [0.2, 0.25) is 10.0 Å². The summed E-state index contributed by atoms with van der Waals surface area (Å²) in [6, 6.07) is 6.91. The first-order valence-electron chi connectivity index (χ1n) is 8.88. The van der Waals surface area contributed by atoms with Crippen molar-refractivity contribution in [1.82, 2.24) is 4.31 Å². The summed E-state index contributed by atoms with van der Waals surface area (Å²) in [7, 11) is -3.28. The van der Waals surface area contributed by atoms with E-state index in [1.165, 1.54) is 4.31 Å². The van der Waals surface area contributed by atoms with E-state index >= 15 is 0 Å². The van der Waals surface area contributed by atoms with Crippen LogP contribution in [0.15, 0.2) is 24.3 Å². The Labute approximate surface area is 150 Å². The lowest BCUT2D eigenvalue weighted by Crippen LogP contribution is -2.44. The number of nitrogens with zero attached hydrogens (tertiary/aromatic N) is 1. The molecule has 1 aliphatic heterocycles. The highest BCUT2D eigenvalue weighted by Gasteiger charge is 2.32. The van der Waals surface area contributed by atoms with Crippen LogP contribution in [0.1, 0.15) is 39.5 Å². The molecule has 0 aromatic heterocycles. The van der Waals surface area contributed by atoms with Crippen LogP contribution in [0.2, 0.25) is 0 Å². The van der Waals surface area contributed by atoms with E-state index in [2.05, 4.69) is 0 Å². The molecule has 0 amide bonds. The SMILES string of the molecule is CCCOc1ccc(OC(=O)C2CCCN(S(=O)(=O)CCC)C2)cc1. The van der Waals surface area contributed by atoms with Crippen molar-refractivity contribution in [3.8, 4) is 11.5 Å². The molecule has 1 aromatic carbocycles. The summed E-state index contributed by atoms with van der Waals surface area (Å²) in [5, 5.41) is 0. The molecular weight excluding hydrogens is 342 g/mol. The van der Waals surface area contributed by atoms with Crippen molar-refractivity contribution in [3.05, 3.63) is 24.3 Å². The zero-order valence-electron chi connectivity index (χ0n) is 14.9. The first kappa shape index (κ1) is 19.7. The lowest BCUT2D eigenvalue weighted by atomic mass is 10.00. The van der Waals surface area contributed by atoms with Gasteiger partial charge in [0.1, 0.15) is 11.5 Å². The fourth-order valence-electron chi connectivity index (χ4n) is 2.80. The summed E-state index contributed by atoms with van der Waals surface area (Å²) in [5.74, 6) is 0.502. The van der Waals surface area contributed by atoms with E-state index in [0.29, 0.717) is 38.2 Å². The zero-order chi connectivity index (χ0) is 18.3. The number of benzene rings is 1. The van der Waals surface area contributed by atoms with Crippen LogP contribution in [0.4, 0.5) is 0 Å². The van der Waals surface area contributed by atoms with Gasteiger partial charge in [-0.2, -0.15) is 0 Å². The fraction of sp³-hybridized carbons (Fsp3) is 0.611. The molecule has 1 fully saturated rings. The Balaban J connectivity index is 1.93. The third kappa shape index (κ3) is 5.71. The van der Waals surface area contributed by atoms with Crippen molar-refractivity contribution in [1.29, 1.82) is 0 Å². The number of carbonyl (C=O) groups excluding carboxylic acids is 1. The van der Waals surface area contributed by atoms with E-state index in [0.717, 1.165) is 12.2 Å². The summed E-state index contributed by atoms with van der Waals surface area (Å²) in [6.45, 7) is 5.20. The van der Waals surface area contributed by atoms with Crippen molar-refractivity contribution < 1.29 is 22.7 Å². The predicted octanol–water partition coefficient (Wildman–Crippen LogP) is 2.83. The quantitative estimate of drug-likeness (QED) is 0.520. The molecule has 7 heteroatoms. The van der Waals surface area contributed by atoms with E-state index in [9.17, 15) is 13.2 Å². The second-order valence-electron chi connectivity index (χ2n) is 6.25. The standard InChI is InChI=1S/C18H27NO5S/c1-3-12-23-16-7-9-17(10-8-16)24-18(20)15-6-5-11-19(14-15)25(21,22)13-4-2/h7-10,15H,3-6,11-14H2,1-2H3. The van der Waals surface area contributed by atoms with Crippen LogP contribution in [-0.4, -0.2) is 44.1 Å². The maximum absolute atomic E-state index is 12.4. The smallest absolute Gasteiger partial charge is 0.315 e. The largest absolute Gasteiger partial charge is 0.494 e. The van der Waals surface area contributed by atoms with Crippen LogP contribution >= 0.6 is 0 Å². The zero-order valence-corrected chi connectivity index (χ0v) is 15.8. The maximum atomic E-state index is 12.4. The highest BCUT2D eigenvalue weighted by atomic mass is 32.2. The molecule has 6 nitrogen and oxygen atoms in total. The third-order valence-corrected chi connectivity index (χ3v) is 6.13. The van der Waals surface area contributed by atoms with Crippen LogP contribution in [0.3, 0.4) is 0 Å². The van der Waals surface area contributed by atoms with Gasteiger partial charge in [-0.1, -0.05) is 13.8 Å². The van der Waals surface area contributed by atoms with Gasteiger partial charge in [0.15, 0.2) is 0 Å². The summed E-state index contributed by atoms with van der Waals surface area (Å²) in [4.78, 5) is 12.4. The number of esters is 1. The third-order valence-electron chi connectivity index (χ3n) is 4.09. The molecule has 0 N–H and O–H groups in total. The minimum Gasteiger partial charge on any atom is -0.494 e. The Morgan fingerprint density at radius 1 is 1.16 bits per heavy atom. The maximum Gasteiger partial charge on any atom is 0.315 e. The normalized spacial score (nSPS) is 18.7. The van der Waals surface area contributed by atoms with Crippen molar-refractivity contribution in [2.45, 2.75) is 39.5 Å². The molecule has 1 aromatic rings. The minimum atomic E-state index is -3.28. The molecule has 1 aliphatic rings. The predicted molar refractivity (Wildman–Crippen MR) is 96.2 cm³/mol. The number of rotatable bonds is 8. The molecule has 0 bridgehead atoms. The Hall–Kier alpha value is -1.60. The molecule has 0 saturated carbocycles. The molecule has 1 atom stereocenters. The number of hydrogen-bond acceptors (Lipinski definition) is 5. The second kappa shape index (κ2) is 9.20. The topological polar surface area (TPSA) is 72.9 Å². The molecule has 0 aliphatic carbocycles. The van der Waals surface area contributed by atoms with Crippen LogP contribution in [-0.2, 0) is 14.8 Å². The Bertz CT molecular complexity index is 657. The number of ether oxygens (including phenoxy) is 2. The van der Waals surface area contributed by atoms with E-state index in [4.69, 9.17) is 9.47 Å². The van der Waals surface area contributed by atoms with E-state index in [-0.39, 0.29) is 18.3 Å². The molecule has 0 radical (unpaired) electrons. The van der Waals surface area contributed by atoms with Gasteiger partial charge in [0, 0.05) is 13.1 Å². The molecule has 25 heavy (non-hydrogen) atoms. The van der Waals surface area contributed by atoms with Gasteiger partial charge in [-0.15, -0.1) is 0 Å². The van der Waals surface area contributed by atoms with Gasteiger partial charge in [0.25, 0.3) is 0 Å². The number of hydrogen-bond donors (Lipinski definition) is 0. The molecule has 0 spiro atoms. The highest BCUT2D eigenvalue weighted by molar-refractivity contribution is 7.89. The van der Waals surface area contributed by atoms with Crippen molar-refractivity contribution in [2.75, 3.05) is 25.4 Å². The summed E-state index contributed by atoms with van der Waals surface area (Å²) >= 11 is 0. The second-order valence-corrected chi connectivity index (χ2v) is 8.34. The van der Waals surface area contributed by atoms with Crippen LogP contribution in [0.5, 0.6) is 11.5 Å². The van der Waals surface area contributed by atoms with Gasteiger partial charge in [-0.25, -0.2) is 12.7 Å². The van der Waals surface area contributed by atoms with Crippen molar-refractivity contribution >= 4 is 16.0 Å². The van der Waals surface area contributed by atoms with Gasteiger partial charge in [-0.05, 0) is 49.9 Å². The van der Waals surface area contributed by atoms with Crippen LogP contribution in [0, 0.1) is 5.92 Å². The molecule has 140 valence electrons. The summed E-state index contributed by atoms with van der Waals surface area (Å²) in [5.41, 5.74) is 0. The average molecular weight is 369 g/mol. The molecule has 1 unspecified atom stereocenters. The van der Waals surface area contributed by atoms with E-state index in [1.807, 2.05) is 13.8 Å². The number of carbonyl (C=O) groups is 1. The number of piperidine rings is 1. The highest BCUT2D eigenvalue weighted by Crippen LogP contribution is 2.23. The first-order chi connectivity index (χ1) is 12.0. The first-order valence-corrected chi connectivity index (χ1v) is 10.5. The number of sulfonamides is 1. The summed E-state index contributed by atoms with van der Waals surface area (Å²) < 4.78 is 36.7. The van der Waals surface area contributed by atoms with Gasteiger partial charge >= 0.3 is 5.97 Å². The monoisotopic (exact) mass is 369 g/mol. The van der Waals surface area contributed by atoms with Crippen molar-refractivity contribution in [2.24, 2.45) is 5.92 Å². The van der Waals surface area contributed by atoms with Gasteiger partial charge in [0.05, 0.1) is 18.3 Å². The molecule has 1 heterocycles. The van der Waals surface area contributed by atoms with E-state index < -0.39 is 15.9 Å². The van der Waals surface area contributed by atoms with Gasteiger partial charge in [-0.3, -0.25) is 4.79 Å². The molecule has 1 saturated heterocycles. The van der Waals surface area contributed by atoms with Crippen molar-refractivity contribution in [3.63, 3.8) is 0 Å². The lowest BCUT2D eigenvalue weighted by molar-refractivity contribution is -0.140. The van der Waals surface area contributed by atoms with Crippen LogP contribution < -0.4 is 9.47 Å².